The van der Waals surface area contributed by atoms with E-state index in [0.717, 1.165) is 30.3 Å². The first-order valence-corrected chi connectivity index (χ1v) is 13.2. The van der Waals surface area contributed by atoms with E-state index in [1.165, 1.54) is 0 Å². The fraction of sp³-hybridized carbons (Fsp3) is 0.444. The van der Waals surface area contributed by atoms with Crippen molar-refractivity contribution in [3.8, 4) is 40.1 Å². The third kappa shape index (κ3) is 5.73. The molecule has 0 radical (unpaired) electrons. The molecule has 2 aromatic carbocycles. The van der Waals surface area contributed by atoms with Crippen LogP contribution in [0.2, 0.25) is 0 Å². The maximum absolute atomic E-state index is 13.1. The smallest absolute Gasteiger partial charge is 0.229 e. The summed E-state index contributed by atoms with van der Waals surface area (Å²) in [5.74, 6) is -2.94. The van der Waals surface area contributed by atoms with Gasteiger partial charge >= 0.3 is 0 Å². The van der Waals surface area contributed by atoms with E-state index in [1.807, 2.05) is 0 Å². The predicted molar refractivity (Wildman–Crippen MR) is 142 cm³/mol. The molecule has 3 aromatic rings. The summed E-state index contributed by atoms with van der Waals surface area (Å²) in [4.78, 5) is 13.1. The second-order valence-corrected chi connectivity index (χ2v) is 10.3. The molecule has 17 nitrogen and oxygen atoms in total. The molecule has 17 heteroatoms. The standard InChI is InChI=1S/C27H30O17/c28-6-17-20(34)22(36)24(38)26(43-17)40-8-1-12(32)19-13(33)5-14(41-16(19)2-8)9-3-10(30)11(31)4-15(9)42-27-25(39)23(37)21(35)18(7-29)44-27/h1-5,17-18,20-32,34-39H,6-7H2/t17-,18-,20-,21-,22+,23+,24-,25-,26-,27+/m1/s1. The average molecular weight is 627 g/mol. The molecular formula is C27H30O17. The first-order chi connectivity index (χ1) is 20.8. The Morgan fingerprint density at radius 1 is 0.636 bits per heavy atom. The van der Waals surface area contributed by atoms with E-state index >= 15 is 0 Å². The largest absolute Gasteiger partial charge is 0.507 e. The highest BCUT2D eigenvalue weighted by Gasteiger charge is 2.46. The highest BCUT2D eigenvalue weighted by Crippen LogP contribution is 2.42. The summed E-state index contributed by atoms with van der Waals surface area (Å²) < 4.78 is 27.6. The van der Waals surface area contributed by atoms with E-state index in [2.05, 4.69) is 0 Å². The summed E-state index contributed by atoms with van der Waals surface area (Å²) in [7, 11) is 0. The molecule has 11 N–H and O–H groups in total. The van der Waals surface area contributed by atoms with Gasteiger partial charge in [0.15, 0.2) is 16.9 Å². The van der Waals surface area contributed by atoms with Crippen LogP contribution >= 0.6 is 0 Å². The van der Waals surface area contributed by atoms with E-state index in [1.54, 1.807) is 0 Å². The number of hydrogen-bond acceptors (Lipinski definition) is 17. The van der Waals surface area contributed by atoms with Crippen LogP contribution < -0.4 is 14.9 Å². The summed E-state index contributed by atoms with van der Waals surface area (Å²) in [6.07, 6.45) is -16.5. The number of aliphatic hydroxyl groups is 8. The molecule has 2 aliphatic rings. The predicted octanol–water partition coefficient (Wildman–Crippen LogP) is -3.07. The zero-order valence-corrected chi connectivity index (χ0v) is 22.4. The Balaban J connectivity index is 1.53. The van der Waals surface area contributed by atoms with Crippen LogP contribution in [0.5, 0.6) is 28.7 Å². The maximum Gasteiger partial charge on any atom is 0.229 e. The summed E-state index contributed by atoms with van der Waals surface area (Å²) in [6, 6.07) is 4.83. The SMILES string of the molecule is O=c1cc(-c2cc(O)c(O)cc2O[C@H]2O[C@H](CO)[C@@H](O)[C@H](O)[C@H]2O)oc2cc(O[C@@H]3O[C@H](CO)[C@@H](O)[C@H](O)[C@H]3O)cc(O)c12. The molecule has 2 saturated heterocycles. The van der Waals surface area contributed by atoms with Crippen LogP contribution in [0.15, 0.2) is 39.5 Å². The fourth-order valence-corrected chi connectivity index (χ4v) is 4.88. The lowest BCUT2D eigenvalue weighted by Gasteiger charge is -2.39. The van der Waals surface area contributed by atoms with Crippen molar-refractivity contribution in [3.63, 3.8) is 0 Å². The highest BCUT2D eigenvalue weighted by molar-refractivity contribution is 5.86. The molecule has 2 aliphatic heterocycles. The molecule has 5 rings (SSSR count). The van der Waals surface area contributed by atoms with Gasteiger partial charge < -0.3 is 79.5 Å². The zero-order chi connectivity index (χ0) is 32.0. The number of aromatic hydroxyl groups is 3. The van der Waals surface area contributed by atoms with Crippen LogP contribution in [-0.4, -0.2) is 131 Å². The second-order valence-electron chi connectivity index (χ2n) is 10.3. The molecule has 2 fully saturated rings. The lowest BCUT2D eigenvalue weighted by Crippen LogP contribution is -2.60. The van der Waals surface area contributed by atoms with Crippen molar-refractivity contribution in [1.82, 2.24) is 0 Å². The Kier molecular flexibility index (Phi) is 8.87. The normalized spacial score (nSPS) is 32.5. The number of ether oxygens (including phenoxy) is 4. The van der Waals surface area contributed by atoms with E-state index in [4.69, 9.17) is 23.4 Å². The number of benzene rings is 2. The van der Waals surface area contributed by atoms with E-state index in [0.29, 0.717) is 0 Å². The van der Waals surface area contributed by atoms with Gasteiger partial charge in [0.05, 0.1) is 18.8 Å². The summed E-state index contributed by atoms with van der Waals surface area (Å²) >= 11 is 0. The molecule has 240 valence electrons. The van der Waals surface area contributed by atoms with Crippen LogP contribution in [0.3, 0.4) is 0 Å². The third-order valence-electron chi connectivity index (χ3n) is 7.32. The van der Waals surface area contributed by atoms with Gasteiger partial charge in [-0.1, -0.05) is 0 Å². The van der Waals surface area contributed by atoms with Gasteiger partial charge in [-0.2, -0.15) is 0 Å². The van der Waals surface area contributed by atoms with Gasteiger partial charge in [0.25, 0.3) is 0 Å². The molecule has 0 amide bonds. The first-order valence-electron chi connectivity index (χ1n) is 13.2. The van der Waals surface area contributed by atoms with Gasteiger partial charge in [0.2, 0.25) is 12.6 Å². The van der Waals surface area contributed by atoms with Crippen LogP contribution in [0.25, 0.3) is 22.3 Å². The number of fused-ring (bicyclic) bond motifs is 1. The third-order valence-corrected chi connectivity index (χ3v) is 7.32. The van der Waals surface area contributed by atoms with E-state index in [-0.39, 0.29) is 33.8 Å². The number of phenols is 3. The minimum Gasteiger partial charge on any atom is -0.507 e. The van der Waals surface area contributed by atoms with Gasteiger partial charge in [-0.05, 0) is 6.07 Å². The van der Waals surface area contributed by atoms with Crippen molar-refractivity contribution >= 4 is 11.0 Å². The van der Waals surface area contributed by atoms with Crippen LogP contribution in [-0.2, 0) is 9.47 Å². The Labute approximate surface area is 246 Å². The molecule has 0 spiro atoms. The Morgan fingerprint density at radius 3 is 1.75 bits per heavy atom. The van der Waals surface area contributed by atoms with Gasteiger partial charge in [0.1, 0.15) is 82.8 Å². The number of hydrogen-bond donors (Lipinski definition) is 11. The molecule has 1 aromatic heterocycles. The van der Waals surface area contributed by atoms with Crippen molar-refractivity contribution in [2.75, 3.05) is 13.2 Å². The van der Waals surface area contributed by atoms with Gasteiger partial charge in [-0.25, -0.2) is 0 Å². The van der Waals surface area contributed by atoms with Crippen molar-refractivity contribution in [3.05, 3.63) is 40.6 Å². The van der Waals surface area contributed by atoms with Crippen molar-refractivity contribution in [2.45, 2.75) is 61.4 Å². The fourth-order valence-electron chi connectivity index (χ4n) is 4.88. The van der Waals surface area contributed by atoms with E-state index < -0.39 is 97.3 Å². The van der Waals surface area contributed by atoms with Crippen LogP contribution in [0, 0.1) is 0 Å². The topological polar surface area (TPSA) is 290 Å². The van der Waals surface area contributed by atoms with Crippen molar-refractivity contribution in [2.24, 2.45) is 0 Å². The molecule has 0 aliphatic carbocycles. The quantitative estimate of drug-likeness (QED) is 0.116. The summed E-state index contributed by atoms with van der Waals surface area (Å²) in [5.41, 5.74) is -1.31. The molecule has 3 heterocycles. The lowest BCUT2D eigenvalue weighted by molar-refractivity contribution is -0.277. The van der Waals surface area contributed by atoms with Gasteiger partial charge in [-0.3, -0.25) is 4.79 Å². The number of phenolic OH excluding ortho intramolecular Hbond substituents is 3. The minimum atomic E-state index is -1.85. The van der Waals surface area contributed by atoms with E-state index in [9.17, 15) is 61.0 Å². The Bertz CT molecular complexity index is 1550. The van der Waals surface area contributed by atoms with Crippen LogP contribution in [0.4, 0.5) is 0 Å². The summed E-state index contributed by atoms with van der Waals surface area (Å²) in [6.45, 7) is -1.48. The number of aliphatic hydroxyl groups excluding tert-OH is 8. The zero-order valence-electron chi connectivity index (χ0n) is 22.4. The van der Waals surface area contributed by atoms with Gasteiger partial charge in [0, 0.05) is 24.3 Å². The number of rotatable bonds is 7. The van der Waals surface area contributed by atoms with Crippen molar-refractivity contribution < 1.29 is 79.5 Å². The first kappa shape index (κ1) is 31.7. The van der Waals surface area contributed by atoms with Gasteiger partial charge in [-0.15, -0.1) is 0 Å². The van der Waals surface area contributed by atoms with Crippen molar-refractivity contribution in [1.29, 1.82) is 0 Å². The molecule has 0 unspecified atom stereocenters. The Morgan fingerprint density at radius 2 is 1.18 bits per heavy atom. The minimum absolute atomic E-state index is 0.198. The Hall–Kier alpha value is -3.75. The van der Waals surface area contributed by atoms with Crippen LogP contribution in [0.1, 0.15) is 0 Å². The lowest BCUT2D eigenvalue weighted by atomic mass is 9.99. The maximum atomic E-state index is 13.1. The molecule has 10 atom stereocenters. The molecule has 0 bridgehead atoms. The second kappa shape index (κ2) is 12.3. The summed E-state index contributed by atoms with van der Waals surface area (Å²) in [5, 5.41) is 110. The molecule has 44 heavy (non-hydrogen) atoms. The monoisotopic (exact) mass is 626 g/mol. The average Bonchev–Trinajstić information content (AvgIpc) is 2.98. The molecule has 0 saturated carbocycles. The highest BCUT2D eigenvalue weighted by atomic mass is 16.7. The molecular weight excluding hydrogens is 596 g/mol.